The molecule has 1 rings (SSSR count). The third-order valence-electron chi connectivity index (χ3n) is 2.62. The van der Waals surface area contributed by atoms with Crippen molar-refractivity contribution in [3.8, 4) is 0 Å². The second-order valence-corrected chi connectivity index (χ2v) is 3.40. The lowest BCUT2D eigenvalue weighted by atomic mass is 9.91. The minimum absolute atomic E-state index is 0.0599. The summed E-state index contributed by atoms with van der Waals surface area (Å²) in [6, 6.07) is 0. The van der Waals surface area contributed by atoms with Gasteiger partial charge in [0, 0.05) is 13.5 Å². The summed E-state index contributed by atoms with van der Waals surface area (Å²) < 4.78 is 15.2. The molecular weight excluding hydrogens is 186 g/mol. The van der Waals surface area contributed by atoms with Gasteiger partial charge in [-0.25, -0.2) is 4.79 Å². The minimum atomic E-state index is -0.756. The summed E-state index contributed by atoms with van der Waals surface area (Å²) in [6.07, 6.45) is 0.516. The van der Waals surface area contributed by atoms with Crippen molar-refractivity contribution in [2.75, 3.05) is 34.5 Å². The number of rotatable bonds is 3. The van der Waals surface area contributed by atoms with Crippen LogP contribution in [0.3, 0.4) is 0 Å². The van der Waals surface area contributed by atoms with Crippen LogP contribution in [0.4, 0.5) is 0 Å². The standard InChI is InChI=1S/C9H17NO4/c1-10-9(8(11)13-3)4-7(12-2)5-14-6-9/h7,10H,4-6H2,1-3H3. The number of likely N-dealkylation sites (N-methyl/N-ethyl adjacent to an activating group) is 1. The molecule has 1 fully saturated rings. The molecule has 0 aromatic carbocycles. The fraction of sp³-hybridized carbons (Fsp3) is 0.889. The first-order valence-electron chi connectivity index (χ1n) is 4.56. The monoisotopic (exact) mass is 203 g/mol. The molecule has 0 bridgehead atoms. The number of carbonyl (C=O) groups is 1. The van der Waals surface area contributed by atoms with E-state index >= 15 is 0 Å². The van der Waals surface area contributed by atoms with E-state index < -0.39 is 5.54 Å². The number of nitrogens with one attached hydrogen (secondary N) is 1. The average molecular weight is 203 g/mol. The highest BCUT2D eigenvalue weighted by Gasteiger charge is 2.43. The molecule has 1 N–H and O–H groups in total. The molecule has 2 unspecified atom stereocenters. The highest BCUT2D eigenvalue weighted by molar-refractivity contribution is 5.81. The van der Waals surface area contributed by atoms with Crippen LogP contribution >= 0.6 is 0 Å². The van der Waals surface area contributed by atoms with Crippen molar-refractivity contribution < 1.29 is 19.0 Å². The number of methoxy groups -OCH3 is 2. The zero-order valence-corrected chi connectivity index (χ0v) is 8.83. The van der Waals surface area contributed by atoms with Crippen molar-refractivity contribution in [2.24, 2.45) is 0 Å². The Labute approximate surface area is 83.7 Å². The molecule has 0 aliphatic carbocycles. The van der Waals surface area contributed by atoms with E-state index in [1.165, 1.54) is 7.11 Å². The molecule has 14 heavy (non-hydrogen) atoms. The van der Waals surface area contributed by atoms with Gasteiger partial charge >= 0.3 is 5.97 Å². The van der Waals surface area contributed by atoms with Gasteiger partial charge in [0.15, 0.2) is 0 Å². The number of hydrogen-bond acceptors (Lipinski definition) is 5. The van der Waals surface area contributed by atoms with E-state index in [1.54, 1.807) is 14.2 Å². The van der Waals surface area contributed by atoms with E-state index in [-0.39, 0.29) is 12.1 Å². The molecule has 0 radical (unpaired) electrons. The number of carbonyl (C=O) groups excluding carboxylic acids is 1. The van der Waals surface area contributed by atoms with E-state index in [1.807, 2.05) is 0 Å². The van der Waals surface area contributed by atoms with Gasteiger partial charge in [-0.15, -0.1) is 0 Å². The third kappa shape index (κ3) is 2.05. The number of ether oxygens (including phenoxy) is 3. The summed E-state index contributed by atoms with van der Waals surface area (Å²) >= 11 is 0. The Balaban J connectivity index is 2.72. The van der Waals surface area contributed by atoms with E-state index in [4.69, 9.17) is 14.2 Å². The summed E-state index contributed by atoms with van der Waals surface area (Å²) in [4.78, 5) is 11.6. The van der Waals surface area contributed by atoms with Crippen LogP contribution in [0, 0.1) is 0 Å². The zero-order chi connectivity index (χ0) is 10.6. The lowest BCUT2D eigenvalue weighted by Gasteiger charge is -2.37. The normalized spacial score (nSPS) is 32.6. The maximum absolute atomic E-state index is 11.6. The molecule has 5 nitrogen and oxygen atoms in total. The summed E-state index contributed by atoms with van der Waals surface area (Å²) in [5.74, 6) is -0.304. The Morgan fingerprint density at radius 1 is 1.57 bits per heavy atom. The van der Waals surface area contributed by atoms with E-state index in [0.29, 0.717) is 19.6 Å². The SMILES string of the molecule is CNC1(C(=O)OC)COCC(OC)C1. The molecule has 2 atom stereocenters. The van der Waals surface area contributed by atoms with Crippen molar-refractivity contribution in [3.05, 3.63) is 0 Å². The maximum atomic E-state index is 11.6. The lowest BCUT2D eigenvalue weighted by molar-refractivity contribution is -0.160. The van der Waals surface area contributed by atoms with Gasteiger partial charge in [-0.3, -0.25) is 0 Å². The fourth-order valence-electron chi connectivity index (χ4n) is 1.64. The van der Waals surface area contributed by atoms with Crippen LogP contribution in [0.25, 0.3) is 0 Å². The molecule has 0 spiro atoms. The number of hydrogen-bond donors (Lipinski definition) is 1. The second kappa shape index (κ2) is 4.72. The predicted molar refractivity (Wildman–Crippen MR) is 50.0 cm³/mol. The highest BCUT2D eigenvalue weighted by atomic mass is 16.5. The summed E-state index contributed by atoms with van der Waals surface area (Å²) in [5, 5.41) is 2.95. The van der Waals surface area contributed by atoms with Crippen LogP contribution in [-0.4, -0.2) is 52.1 Å². The minimum Gasteiger partial charge on any atom is -0.468 e. The molecule has 5 heteroatoms. The smallest absolute Gasteiger partial charge is 0.328 e. The Hall–Kier alpha value is -0.650. The first-order chi connectivity index (χ1) is 6.68. The van der Waals surface area contributed by atoms with Gasteiger partial charge in [-0.2, -0.15) is 0 Å². The Bertz CT molecular complexity index is 209. The van der Waals surface area contributed by atoms with Crippen LogP contribution in [0.5, 0.6) is 0 Å². The van der Waals surface area contributed by atoms with Gasteiger partial charge in [0.1, 0.15) is 5.54 Å². The summed E-state index contributed by atoms with van der Waals surface area (Å²) in [7, 11) is 4.70. The molecule has 1 heterocycles. The fourth-order valence-corrected chi connectivity index (χ4v) is 1.64. The molecule has 82 valence electrons. The van der Waals surface area contributed by atoms with E-state index in [2.05, 4.69) is 5.32 Å². The van der Waals surface area contributed by atoms with Crippen molar-refractivity contribution >= 4 is 5.97 Å². The molecule has 0 amide bonds. The largest absolute Gasteiger partial charge is 0.468 e. The van der Waals surface area contributed by atoms with Gasteiger partial charge in [-0.1, -0.05) is 0 Å². The van der Waals surface area contributed by atoms with Crippen LogP contribution in [0.2, 0.25) is 0 Å². The van der Waals surface area contributed by atoms with Gasteiger partial charge in [0.25, 0.3) is 0 Å². The second-order valence-electron chi connectivity index (χ2n) is 3.40. The van der Waals surface area contributed by atoms with Gasteiger partial charge < -0.3 is 19.5 Å². The van der Waals surface area contributed by atoms with Crippen LogP contribution in [0.15, 0.2) is 0 Å². The van der Waals surface area contributed by atoms with Crippen molar-refractivity contribution in [1.82, 2.24) is 5.32 Å². The Kier molecular flexibility index (Phi) is 3.86. The Morgan fingerprint density at radius 2 is 2.29 bits per heavy atom. The predicted octanol–water partition coefficient (Wildman–Crippen LogP) is -0.447. The molecule has 1 aliphatic rings. The molecule has 0 aromatic heterocycles. The van der Waals surface area contributed by atoms with Gasteiger partial charge in [0.05, 0.1) is 26.4 Å². The quantitative estimate of drug-likeness (QED) is 0.630. The summed E-state index contributed by atoms with van der Waals surface area (Å²) in [5.41, 5.74) is -0.756. The van der Waals surface area contributed by atoms with Crippen LogP contribution in [0.1, 0.15) is 6.42 Å². The third-order valence-corrected chi connectivity index (χ3v) is 2.62. The first-order valence-corrected chi connectivity index (χ1v) is 4.56. The summed E-state index contributed by atoms with van der Waals surface area (Å²) in [6.45, 7) is 0.854. The van der Waals surface area contributed by atoms with Crippen LogP contribution in [-0.2, 0) is 19.0 Å². The molecule has 1 aliphatic heterocycles. The first kappa shape index (κ1) is 11.4. The maximum Gasteiger partial charge on any atom is 0.328 e. The van der Waals surface area contributed by atoms with Crippen molar-refractivity contribution in [3.63, 3.8) is 0 Å². The highest BCUT2D eigenvalue weighted by Crippen LogP contribution is 2.22. The van der Waals surface area contributed by atoms with Crippen molar-refractivity contribution in [2.45, 2.75) is 18.1 Å². The molecule has 1 saturated heterocycles. The lowest BCUT2D eigenvalue weighted by Crippen LogP contribution is -2.59. The average Bonchev–Trinajstić information content (AvgIpc) is 2.27. The van der Waals surface area contributed by atoms with Gasteiger partial charge in [-0.05, 0) is 7.05 Å². The molecule has 0 aromatic rings. The Morgan fingerprint density at radius 3 is 2.79 bits per heavy atom. The van der Waals surface area contributed by atoms with E-state index in [9.17, 15) is 4.79 Å². The van der Waals surface area contributed by atoms with Crippen LogP contribution < -0.4 is 5.32 Å². The number of esters is 1. The van der Waals surface area contributed by atoms with E-state index in [0.717, 1.165) is 0 Å². The molecule has 0 saturated carbocycles. The van der Waals surface area contributed by atoms with Crippen molar-refractivity contribution in [1.29, 1.82) is 0 Å². The zero-order valence-electron chi connectivity index (χ0n) is 8.83. The van der Waals surface area contributed by atoms with Gasteiger partial charge in [0.2, 0.25) is 0 Å². The molecular formula is C9H17NO4. The topological polar surface area (TPSA) is 56.8 Å².